The fourth-order valence-electron chi connectivity index (χ4n) is 2.70. The van der Waals surface area contributed by atoms with E-state index in [1.165, 1.54) is 4.90 Å². The van der Waals surface area contributed by atoms with Crippen molar-refractivity contribution in [2.24, 2.45) is 0 Å². The van der Waals surface area contributed by atoms with Gasteiger partial charge in [-0.05, 0) is 42.0 Å². The first-order chi connectivity index (χ1) is 13.5. The van der Waals surface area contributed by atoms with Gasteiger partial charge >= 0.3 is 11.8 Å². The van der Waals surface area contributed by atoms with Crippen LogP contribution in [-0.2, 0) is 20.9 Å². The number of carbonyl (C=O) groups is 3. The fraction of sp³-hybridized carbons (Fsp3) is 0.263. The van der Waals surface area contributed by atoms with Crippen molar-refractivity contribution in [2.75, 3.05) is 19.7 Å². The first kappa shape index (κ1) is 19.8. The summed E-state index contributed by atoms with van der Waals surface area (Å²) in [5.41, 5.74) is 1.30. The molecule has 2 heterocycles. The molecule has 9 heteroatoms. The maximum absolute atomic E-state index is 12.6. The molecule has 1 aromatic carbocycles. The van der Waals surface area contributed by atoms with Gasteiger partial charge in [0.2, 0.25) is 0 Å². The molecule has 2 aromatic rings. The summed E-state index contributed by atoms with van der Waals surface area (Å²) in [5, 5.41) is 5.57. The summed E-state index contributed by atoms with van der Waals surface area (Å²) in [6, 6.07) is 10.0. The highest BCUT2D eigenvalue weighted by molar-refractivity contribution is 6.35. The number of ether oxygens (including phenoxy) is 1. The average molecular weight is 403 g/mol. The van der Waals surface area contributed by atoms with Crippen molar-refractivity contribution < 1.29 is 19.1 Å². The van der Waals surface area contributed by atoms with Crippen LogP contribution in [0, 0.1) is 0 Å². The maximum Gasteiger partial charge on any atom is 0.309 e. The standard InChI is InChI=1S/C19H19ClN4O4/c20-15-3-1-14(2-4-15)19(27)24-9-10-28-16(24)12-23-18(26)17(25)22-11-13-5-7-21-8-6-13/h1-8,16H,9-12H2,(H,22,25)(H,23,26). The lowest BCUT2D eigenvalue weighted by Crippen LogP contribution is -2.47. The summed E-state index contributed by atoms with van der Waals surface area (Å²) in [7, 11) is 0. The highest BCUT2D eigenvalue weighted by Gasteiger charge is 2.31. The van der Waals surface area contributed by atoms with Crippen molar-refractivity contribution in [1.82, 2.24) is 20.5 Å². The molecule has 3 rings (SSSR count). The molecular weight excluding hydrogens is 384 g/mol. The van der Waals surface area contributed by atoms with E-state index in [9.17, 15) is 14.4 Å². The lowest BCUT2D eigenvalue weighted by Gasteiger charge is -2.23. The monoisotopic (exact) mass is 402 g/mol. The lowest BCUT2D eigenvalue weighted by atomic mass is 10.2. The first-order valence-corrected chi connectivity index (χ1v) is 9.05. The molecule has 3 amide bonds. The Morgan fingerprint density at radius 3 is 2.46 bits per heavy atom. The van der Waals surface area contributed by atoms with Gasteiger partial charge in [0.05, 0.1) is 13.2 Å². The Hall–Kier alpha value is -2.97. The zero-order valence-corrected chi connectivity index (χ0v) is 15.7. The van der Waals surface area contributed by atoms with Gasteiger partial charge in [0, 0.05) is 36.1 Å². The second-order valence-electron chi connectivity index (χ2n) is 6.08. The van der Waals surface area contributed by atoms with Crippen molar-refractivity contribution >= 4 is 29.3 Å². The van der Waals surface area contributed by atoms with Crippen LogP contribution >= 0.6 is 11.6 Å². The van der Waals surface area contributed by atoms with Gasteiger partial charge in [0.25, 0.3) is 5.91 Å². The molecule has 1 saturated heterocycles. The number of carbonyl (C=O) groups excluding carboxylic acids is 3. The van der Waals surface area contributed by atoms with E-state index in [0.717, 1.165) is 5.56 Å². The molecule has 0 saturated carbocycles. The molecule has 28 heavy (non-hydrogen) atoms. The third-order valence-corrected chi connectivity index (χ3v) is 4.44. The summed E-state index contributed by atoms with van der Waals surface area (Å²) in [4.78, 5) is 41.9. The minimum atomic E-state index is -0.788. The van der Waals surface area contributed by atoms with Gasteiger partial charge in [-0.25, -0.2) is 0 Å². The largest absolute Gasteiger partial charge is 0.355 e. The Kier molecular flexibility index (Phi) is 6.57. The smallest absolute Gasteiger partial charge is 0.309 e. The predicted octanol–water partition coefficient (Wildman–Crippen LogP) is 0.966. The van der Waals surface area contributed by atoms with E-state index in [0.29, 0.717) is 23.7 Å². The Balaban J connectivity index is 1.49. The highest BCUT2D eigenvalue weighted by atomic mass is 35.5. The number of hydrogen-bond acceptors (Lipinski definition) is 5. The van der Waals surface area contributed by atoms with Crippen LogP contribution in [0.2, 0.25) is 5.02 Å². The van der Waals surface area contributed by atoms with Gasteiger partial charge in [-0.15, -0.1) is 0 Å². The predicted molar refractivity (Wildman–Crippen MR) is 101 cm³/mol. The van der Waals surface area contributed by atoms with E-state index in [1.54, 1.807) is 48.8 Å². The van der Waals surface area contributed by atoms with Crippen LogP contribution in [0.5, 0.6) is 0 Å². The number of nitrogens with zero attached hydrogens (tertiary/aromatic N) is 2. The summed E-state index contributed by atoms with van der Waals surface area (Å²) in [6.07, 6.45) is 2.57. The van der Waals surface area contributed by atoms with Gasteiger partial charge in [-0.2, -0.15) is 0 Å². The van der Waals surface area contributed by atoms with Gasteiger partial charge in [-0.3, -0.25) is 19.4 Å². The van der Waals surface area contributed by atoms with E-state index in [4.69, 9.17) is 16.3 Å². The fourth-order valence-corrected chi connectivity index (χ4v) is 2.83. The van der Waals surface area contributed by atoms with Crippen molar-refractivity contribution in [3.63, 3.8) is 0 Å². The summed E-state index contributed by atoms with van der Waals surface area (Å²) in [6.45, 7) is 0.987. The first-order valence-electron chi connectivity index (χ1n) is 8.67. The van der Waals surface area contributed by atoms with Crippen molar-refractivity contribution in [3.05, 3.63) is 64.9 Å². The van der Waals surface area contributed by atoms with Gasteiger partial charge < -0.3 is 20.3 Å². The molecule has 0 radical (unpaired) electrons. The Bertz CT molecular complexity index is 845. The number of benzene rings is 1. The molecule has 1 aromatic heterocycles. The molecule has 0 bridgehead atoms. The van der Waals surface area contributed by atoms with E-state index in [1.807, 2.05) is 0 Å². The molecule has 0 aliphatic carbocycles. The van der Waals surface area contributed by atoms with Crippen LogP contribution in [0.15, 0.2) is 48.8 Å². The second-order valence-corrected chi connectivity index (χ2v) is 6.52. The second kappa shape index (κ2) is 9.29. The van der Waals surface area contributed by atoms with Crippen LogP contribution in [-0.4, -0.2) is 53.5 Å². The normalized spacial score (nSPS) is 15.9. The molecule has 1 unspecified atom stereocenters. The van der Waals surface area contributed by atoms with Gasteiger partial charge in [0.1, 0.15) is 6.23 Å². The molecule has 1 aliphatic heterocycles. The third-order valence-electron chi connectivity index (χ3n) is 4.19. The highest BCUT2D eigenvalue weighted by Crippen LogP contribution is 2.16. The molecule has 1 aliphatic rings. The van der Waals surface area contributed by atoms with Crippen LogP contribution in [0.25, 0.3) is 0 Å². The quantitative estimate of drug-likeness (QED) is 0.726. The molecule has 146 valence electrons. The number of halogens is 1. The number of amides is 3. The number of pyridine rings is 1. The number of nitrogens with one attached hydrogen (secondary N) is 2. The van der Waals surface area contributed by atoms with Crippen LogP contribution in [0.1, 0.15) is 15.9 Å². The lowest BCUT2D eigenvalue weighted by molar-refractivity contribution is -0.139. The number of aromatic nitrogens is 1. The minimum absolute atomic E-state index is 0.0147. The third kappa shape index (κ3) is 5.05. The van der Waals surface area contributed by atoms with E-state index < -0.39 is 18.0 Å². The van der Waals surface area contributed by atoms with E-state index in [-0.39, 0.29) is 19.0 Å². The zero-order chi connectivity index (χ0) is 19.9. The van der Waals surface area contributed by atoms with Crippen LogP contribution in [0.4, 0.5) is 0 Å². The molecule has 1 atom stereocenters. The van der Waals surface area contributed by atoms with Gasteiger partial charge in [0.15, 0.2) is 0 Å². The molecule has 2 N–H and O–H groups in total. The number of hydrogen-bond donors (Lipinski definition) is 2. The topological polar surface area (TPSA) is 101 Å². The Morgan fingerprint density at radius 1 is 1.07 bits per heavy atom. The minimum Gasteiger partial charge on any atom is -0.355 e. The summed E-state index contributed by atoms with van der Waals surface area (Å²) < 4.78 is 5.52. The number of rotatable bonds is 5. The maximum atomic E-state index is 12.6. The SMILES string of the molecule is O=C(NCc1ccncc1)C(=O)NCC1OCCN1C(=O)c1ccc(Cl)cc1. The molecule has 0 spiro atoms. The average Bonchev–Trinajstić information content (AvgIpc) is 3.19. The van der Waals surface area contributed by atoms with E-state index >= 15 is 0 Å². The molecule has 1 fully saturated rings. The van der Waals surface area contributed by atoms with Crippen LogP contribution < -0.4 is 10.6 Å². The van der Waals surface area contributed by atoms with Crippen molar-refractivity contribution in [3.8, 4) is 0 Å². The van der Waals surface area contributed by atoms with Gasteiger partial charge in [-0.1, -0.05) is 11.6 Å². The molecule has 8 nitrogen and oxygen atoms in total. The van der Waals surface area contributed by atoms with E-state index in [2.05, 4.69) is 15.6 Å². The zero-order valence-electron chi connectivity index (χ0n) is 14.9. The van der Waals surface area contributed by atoms with Crippen molar-refractivity contribution in [2.45, 2.75) is 12.8 Å². The Labute approximate surface area is 166 Å². The summed E-state index contributed by atoms with van der Waals surface area (Å²) >= 11 is 5.85. The van der Waals surface area contributed by atoms with Crippen LogP contribution in [0.3, 0.4) is 0 Å². The summed E-state index contributed by atoms with van der Waals surface area (Å²) in [5.74, 6) is -1.77. The molecular formula is C19H19ClN4O4. The Morgan fingerprint density at radius 2 is 1.75 bits per heavy atom. The van der Waals surface area contributed by atoms with Crippen molar-refractivity contribution in [1.29, 1.82) is 0 Å².